The van der Waals surface area contributed by atoms with Crippen LogP contribution in [0.25, 0.3) is 0 Å². The van der Waals surface area contributed by atoms with Crippen LogP contribution in [0.3, 0.4) is 0 Å². The van der Waals surface area contributed by atoms with Gasteiger partial charge in [0.05, 0.1) is 0 Å². The zero-order valence-electron chi connectivity index (χ0n) is 8.37. The van der Waals surface area contributed by atoms with Gasteiger partial charge in [-0.25, -0.2) is 0 Å². The minimum atomic E-state index is -0.642. The van der Waals surface area contributed by atoms with E-state index in [0.717, 1.165) is 10.0 Å². The molecule has 0 aromatic heterocycles. The number of halogens is 1. The quantitative estimate of drug-likeness (QED) is 0.864. The predicted molar refractivity (Wildman–Crippen MR) is 61.3 cm³/mol. The first kappa shape index (κ1) is 12.0. The highest BCUT2D eigenvalue weighted by Crippen LogP contribution is 2.22. The number of benzene rings is 1. The highest BCUT2D eigenvalue weighted by molar-refractivity contribution is 9.10. The van der Waals surface area contributed by atoms with Gasteiger partial charge in [0.25, 0.3) is 5.91 Å². The number of hydrogen-bond donors (Lipinski definition) is 2. The van der Waals surface area contributed by atoms with E-state index in [1.165, 1.54) is 0 Å². The number of nitrogens with two attached hydrogens (primary N) is 2. The second-order valence-electron chi connectivity index (χ2n) is 3.12. The van der Waals surface area contributed by atoms with Crippen LogP contribution >= 0.6 is 15.9 Å². The highest BCUT2D eigenvalue weighted by Gasteiger charge is 2.10. The van der Waals surface area contributed by atoms with Gasteiger partial charge in [-0.3, -0.25) is 4.79 Å². The van der Waals surface area contributed by atoms with Crippen LogP contribution in [0.1, 0.15) is 12.5 Å². The van der Waals surface area contributed by atoms with E-state index >= 15 is 0 Å². The molecular formula is C10H13BrN2O2. The van der Waals surface area contributed by atoms with Crippen molar-refractivity contribution in [1.82, 2.24) is 0 Å². The fraction of sp³-hybridized carbons (Fsp3) is 0.300. The summed E-state index contributed by atoms with van der Waals surface area (Å²) in [7, 11) is 0. The fourth-order valence-electron chi connectivity index (χ4n) is 1.04. The lowest BCUT2D eigenvalue weighted by Crippen LogP contribution is -2.30. The van der Waals surface area contributed by atoms with Crippen LogP contribution in [0.2, 0.25) is 0 Å². The van der Waals surface area contributed by atoms with Gasteiger partial charge in [0, 0.05) is 11.0 Å². The molecule has 1 aromatic carbocycles. The van der Waals surface area contributed by atoms with Crippen molar-refractivity contribution in [2.45, 2.75) is 19.6 Å². The standard InChI is InChI=1S/C10H13BrN2O2/c1-6(10(13)14)15-8-2-3-9(11)7(4-8)5-12/h2-4,6H,5,12H2,1H3,(H2,13,14). The Kier molecular flexibility index (Phi) is 4.11. The van der Waals surface area contributed by atoms with E-state index in [-0.39, 0.29) is 0 Å². The first-order valence-corrected chi connectivity index (χ1v) is 5.28. The van der Waals surface area contributed by atoms with E-state index in [2.05, 4.69) is 15.9 Å². The van der Waals surface area contributed by atoms with E-state index in [1.54, 1.807) is 19.1 Å². The van der Waals surface area contributed by atoms with Crippen molar-refractivity contribution in [2.75, 3.05) is 0 Å². The Morgan fingerprint density at radius 3 is 2.80 bits per heavy atom. The van der Waals surface area contributed by atoms with Crippen molar-refractivity contribution >= 4 is 21.8 Å². The molecule has 5 heteroatoms. The molecule has 82 valence electrons. The average Bonchev–Trinajstić information content (AvgIpc) is 2.20. The van der Waals surface area contributed by atoms with E-state index < -0.39 is 12.0 Å². The van der Waals surface area contributed by atoms with Gasteiger partial charge >= 0.3 is 0 Å². The lowest BCUT2D eigenvalue weighted by Gasteiger charge is -2.12. The number of primary amides is 1. The molecule has 15 heavy (non-hydrogen) atoms. The van der Waals surface area contributed by atoms with Crippen molar-refractivity contribution < 1.29 is 9.53 Å². The van der Waals surface area contributed by atoms with Crippen LogP contribution in [-0.4, -0.2) is 12.0 Å². The number of amides is 1. The maximum atomic E-state index is 10.8. The first-order valence-electron chi connectivity index (χ1n) is 4.49. The summed E-state index contributed by atoms with van der Waals surface area (Å²) in [6.45, 7) is 2.01. The fourth-order valence-corrected chi connectivity index (χ4v) is 1.45. The molecule has 1 rings (SSSR count). The van der Waals surface area contributed by atoms with Gasteiger partial charge in [-0.15, -0.1) is 0 Å². The molecule has 0 saturated carbocycles. The predicted octanol–water partition coefficient (Wildman–Crippen LogP) is 1.16. The van der Waals surface area contributed by atoms with Gasteiger partial charge in [0.1, 0.15) is 5.75 Å². The summed E-state index contributed by atoms with van der Waals surface area (Å²) in [6.07, 6.45) is -0.642. The molecule has 0 saturated heterocycles. The summed E-state index contributed by atoms with van der Waals surface area (Å²) in [5.74, 6) is 0.0946. The number of carbonyl (C=O) groups is 1. The molecule has 4 N–H and O–H groups in total. The third-order valence-electron chi connectivity index (χ3n) is 1.95. The topological polar surface area (TPSA) is 78.3 Å². The Balaban J connectivity index is 2.83. The molecule has 1 atom stereocenters. The summed E-state index contributed by atoms with van der Waals surface area (Å²) in [5.41, 5.74) is 11.5. The van der Waals surface area contributed by atoms with E-state index in [4.69, 9.17) is 16.2 Å². The molecule has 1 aromatic rings. The number of carbonyl (C=O) groups excluding carboxylic acids is 1. The lowest BCUT2D eigenvalue weighted by molar-refractivity contribution is -0.123. The molecule has 0 bridgehead atoms. The van der Waals surface area contributed by atoms with Crippen LogP contribution in [0.15, 0.2) is 22.7 Å². The average molecular weight is 273 g/mol. The second-order valence-corrected chi connectivity index (χ2v) is 3.97. The minimum absolute atomic E-state index is 0.405. The van der Waals surface area contributed by atoms with Gasteiger partial charge in [0.2, 0.25) is 0 Å². The highest BCUT2D eigenvalue weighted by atomic mass is 79.9. The summed E-state index contributed by atoms with van der Waals surface area (Å²) in [5, 5.41) is 0. The van der Waals surface area contributed by atoms with Crippen LogP contribution in [-0.2, 0) is 11.3 Å². The van der Waals surface area contributed by atoms with E-state index in [0.29, 0.717) is 12.3 Å². The van der Waals surface area contributed by atoms with Gasteiger partial charge < -0.3 is 16.2 Å². The van der Waals surface area contributed by atoms with E-state index in [9.17, 15) is 4.79 Å². The van der Waals surface area contributed by atoms with Crippen molar-refractivity contribution in [2.24, 2.45) is 11.5 Å². The van der Waals surface area contributed by atoms with Crippen LogP contribution in [0.5, 0.6) is 5.75 Å². The number of ether oxygens (including phenoxy) is 1. The normalized spacial score (nSPS) is 12.2. The van der Waals surface area contributed by atoms with Crippen molar-refractivity contribution in [3.63, 3.8) is 0 Å². The van der Waals surface area contributed by atoms with Crippen molar-refractivity contribution in [3.8, 4) is 5.75 Å². The molecule has 1 amide bonds. The Bertz CT molecular complexity index is 368. The molecule has 0 fully saturated rings. The summed E-state index contributed by atoms with van der Waals surface area (Å²) in [6, 6.07) is 5.36. The Labute approximate surface area is 96.7 Å². The lowest BCUT2D eigenvalue weighted by atomic mass is 10.2. The third-order valence-corrected chi connectivity index (χ3v) is 2.72. The summed E-state index contributed by atoms with van der Waals surface area (Å²) in [4.78, 5) is 10.8. The second kappa shape index (κ2) is 5.14. The monoisotopic (exact) mass is 272 g/mol. The Morgan fingerprint density at radius 1 is 1.60 bits per heavy atom. The SMILES string of the molecule is CC(Oc1ccc(Br)c(CN)c1)C(N)=O. The molecule has 0 radical (unpaired) electrons. The molecule has 0 aliphatic rings. The van der Waals surface area contributed by atoms with Crippen LogP contribution in [0.4, 0.5) is 0 Å². The maximum Gasteiger partial charge on any atom is 0.258 e. The molecule has 0 aliphatic carbocycles. The molecular weight excluding hydrogens is 260 g/mol. The van der Waals surface area contributed by atoms with E-state index in [1.807, 2.05) is 6.07 Å². The van der Waals surface area contributed by atoms with Gasteiger partial charge in [-0.2, -0.15) is 0 Å². The molecule has 4 nitrogen and oxygen atoms in total. The zero-order valence-corrected chi connectivity index (χ0v) is 9.95. The molecule has 0 heterocycles. The summed E-state index contributed by atoms with van der Waals surface area (Å²) >= 11 is 3.36. The zero-order chi connectivity index (χ0) is 11.4. The molecule has 1 unspecified atom stereocenters. The Hall–Kier alpha value is -1.07. The minimum Gasteiger partial charge on any atom is -0.481 e. The largest absolute Gasteiger partial charge is 0.481 e. The Morgan fingerprint density at radius 2 is 2.27 bits per heavy atom. The maximum absolute atomic E-state index is 10.8. The number of rotatable bonds is 4. The van der Waals surface area contributed by atoms with Crippen LogP contribution in [0, 0.1) is 0 Å². The van der Waals surface area contributed by atoms with Crippen molar-refractivity contribution in [1.29, 1.82) is 0 Å². The first-order chi connectivity index (χ1) is 7.04. The van der Waals surface area contributed by atoms with Gasteiger partial charge in [0.15, 0.2) is 6.10 Å². The smallest absolute Gasteiger partial charge is 0.258 e. The molecule has 0 aliphatic heterocycles. The van der Waals surface area contributed by atoms with Crippen LogP contribution < -0.4 is 16.2 Å². The molecule has 0 spiro atoms. The van der Waals surface area contributed by atoms with Crippen molar-refractivity contribution in [3.05, 3.63) is 28.2 Å². The van der Waals surface area contributed by atoms with Gasteiger partial charge in [-0.05, 0) is 30.7 Å². The third kappa shape index (κ3) is 3.21. The van der Waals surface area contributed by atoms with Gasteiger partial charge in [-0.1, -0.05) is 15.9 Å². The summed E-state index contributed by atoms with van der Waals surface area (Å²) < 4.78 is 6.24. The number of hydrogen-bond acceptors (Lipinski definition) is 3.